The molecule has 1 aliphatic heterocycles. The van der Waals surface area contributed by atoms with E-state index in [4.69, 9.17) is 9.47 Å². The average Bonchev–Trinajstić information content (AvgIpc) is 3.37. The quantitative estimate of drug-likeness (QED) is 0.871. The third kappa shape index (κ3) is 3.13. The molecule has 0 aromatic heterocycles. The summed E-state index contributed by atoms with van der Waals surface area (Å²) in [6.07, 6.45) is 2.30. The third-order valence-corrected chi connectivity index (χ3v) is 5.03. The lowest BCUT2D eigenvalue weighted by molar-refractivity contribution is -0.121. The van der Waals surface area contributed by atoms with Crippen molar-refractivity contribution in [2.75, 3.05) is 13.2 Å². The zero-order valence-electron chi connectivity index (χ0n) is 13.2. The van der Waals surface area contributed by atoms with E-state index in [-0.39, 0.29) is 11.4 Å². The van der Waals surface area contributed by atoms with E-state index in [1.165, 1.54) is 0 Å². The van der Waals surface area contributed by atoms with Crippen LogP contribution in [-0.4, -0.2) is 19.1 Å². The highest BCUT2D eigenvalue weighted by Gasteiger charge is 2.46. The molecule has 0 unspecified atom stereocenters. The molecule has 1 fully saturated rings. The lowest BCUT2D eigenvalue weighted by Crippen LogP contribution is -2.36. The highest BCUT2D eigenvalue weighted by atomic mass is 79.9. The second-order valence-electron chi connectivity index (χ2n) is 6.29. The number of hydrogen-bond donors (Lipinski definition) is 1. The molecule has 1 aliphatic carbocycles. The van der Waals surface area contributed by atoms with E-state index in [1.54, 1.807) is 0 Å². The van der Waals surface area contributed by atoms with Crippen molar-refractivity contribution in [3.8, 4) is 11.5 Å². The van der Waals surface area contributed by atoms with Gasteiger partial charge in [0.2, 0.25) is 5.91 Å². The van der Waals surface area contributed by atoms with E-state index < -0.39 is 0 Å². The molecule has 2 aromatic carbocycles. The molecule has 4 nitrogen and oxygen atoms in total. The monoisotopic (exact) mass is 387 g/mol. The SMILES string of the molecule is O=C(Cc1ccc(Br)cc1)NC1(c2ccc3c(c2)OCCO3)CC1. The Morgan fingerprint density at radius 1 is 1.04 bits per heavy atom. The topological polar surface area (TPSA) is 47.6 Å². The normalized spacial score (nSPS) is 17.2. The largest absolute Gasteiger partial charge is 0.486 e. The third-order valence-electron chi connectivity index (χ3n) is 4.50. The maximum absolute atomic E-state index is 12.4. The van der Waals surface area contributed by atoms with Gasteiger partial charge in [0, 0.05) is 4.47 Å². The minimum Gasteiger partial charge on any atom is -0.486 e. The van der Waals surface area contributed by atoms with Crippen LogP contribution in [0.15, 0.2) is 46.9 Å². The maximum Gasteiger partial charge on any atom is 0.225 e. The molecular weight excluding hydrogens is 370 g/mol. The lowest BCUT2D eigenvalue weighted by Gasteiger charge is -2.22. The first kappa shape index (κ1) is 15.5. The summed E-state index contributed by atoms with van der Waals surface area (Å²) in [6.45, 7) is 1.15. The van der Waals surface area contributed by atoms with Gasteiger partial charge in [0.05, 0.1) is 12.0 Å². The van der Waals surface area contributed by atoms with Gasteiger partial charge in [0.1, 0.15) is 13.2 Å². The molecule has 0 spiro atoms. The van der Waals surface area contributed by atoms with Crippen LogP contribution in [0.4, 0.5) is 0 Å². The Morgan fingerprint density at radius 3 is 2.46 bits per heavy atom. The first-order valence-corrected chi connectivity index (χ1v) is 8.90. The Bertz CT molecular complexity index is 769. The van der Waals surface area contributed by atoms with Crippen LogP contribution < -0.4 is 14.8 Å². The fraction of sp³-hybridized carbons (Fsp3) is 0.316. The molecule has 1 heterocycles. The Hall–Kier alpha value is -2.01. The number of ether oxygens (including phenoxy) is 2. The molecule has 0 saturated heterocycles. The molecule has 1 N–H and O–H groups in total. The molecule has 24 heavy (non-hydrogen) atoms. The molecule has 2 aliphatic rings. The molecule has 1 saturated carbocycles. The van der Waals surface area contributed by atoms with Crippen molar-refractivity contribution in [1.82, 2.24) is 5.32 Å². The molecular formula is C19H18BrNO3. The number of nitrogens with one attached hydrogen (secondary N) is 1. The van der Waals surface area contributed by atoms with Crippen LogP contribution in [0, 0.1) is 0 Å². The number of fused-ring (bicyclic) bond motifs is 1. The summed E-state index contributed by atoms with van der Waals surface area (Å²) in [7, 11) is 0. The molecule has 124 valence electrons. The van der Waals surface area contributed by atoms with Crippen molar-refractivity contribution in [1.29, 1.82) is 0 Å². The van der Waals surface area contributed by atoms with Gasteiger partial charge in [0.25, 0.3) is 0 Å². The molecule has 4 rings (SSSR count). The number of benzene rings is 2. The minimum atomic E-state index is -0.248. The van der Waals surface area contributed by atoms with Gasteiger partial charge < -0.3 is 14.8 Å². The van der Waals surface area contributed by atoms with Crippen molar-refractivity contribution in [3.05, 3.63) is 58.1 Å². The van der Waals surface area contributed by atoms with Crippen molar-refractivity contribution < 1.29 is 14.3 Å². The Kier molecular flexibility index (Phi) is 3.96. The van der Waals surface area contributed by atoms with Crippen molar-refractivity contribution >= 4 is 21.8 Å². The first-order valence-electron chi connectivity index (χ1n) is 8.10. The van der Waals surface area contributed by atoms with E-state index in [1.807, 2.05) is 42.5 Å². The van der Waals surface area contributed by atoms with Gasteiger partial charge in [-0.1, -0.05) is 34.1 Å². The zero-order valence-corrected chi connectivity index (χ0v) is 14.8. The van der Waals surface area contributed by atoms with Crippen LogP contribution >= 0.6 is 15.9 Å². The van der Waals surface area contributed by atoms with Crippen LogP contribution in [0.5, 0.6) is 11.5 Å². The summed E-state index contributed by atoms with van der Waals surface area (Å²) in [4.78, 5) is 12.4. The number of carbonyl (C=O) groups is 1. The van der Waals surface area contributed by atoms with Crippen molar-refractivity contribution in [2.45, 2.75) is 24.8 Å². The fourth-order valence-electron chi connectivity index (χ4n) is 3.05. The minimum absolute atomic E-state index is 0.0460. The van der Waals surface area contributed by atoms with Gasteiger partial charge in [-0.05, 0) is 48.2 Å². The van der Waals surface area contributed by atoms with E-state index in [2.05, 4.69) is 21.2 Å². The van der Waals surface area contributed by atoms with Crippen LogP contribution in [-0.2, 0) is 16.8 Å². The van der Waals surface area contributed by atoms with Gasteiger partial charge in [-0.25, -0.2) is 0 Å². The zero-order chi connectivity index (χ0) is 16.6. The molecule has 2 aromatic rings. The van der Waals surface area contributed by atoms with Crippen LogP contribution in [0.3, 0.4) is 0 Å². The number of hydrogen-bond acceptors (Lipinski definition) is 3. The molecule has 0 bridgehead atoms. The second-order valence-corrected chi connectivity index (χ2v) is 7.21. The standard InChI is InChI=1S/C19H18BrNO3/c20-15-4-1-13(2-5-15)11-18(22)21-19(7-8-19)14-3-6-16-17(12-14)24-10-9-23-16/h1-6,12H,7-11H2,(H,21,22). The predicted molar refractivity (Wildman–Crippen MR) is 94.3 cm³/mol. The first-order chi connectivity index (χ1) is 11.6. The Balaban J connectivity index is 1.47. The summed E-state index contributed by atoms with van der Waals surface area (Å²) < 4.78 is 12.2. The van der Waals surface area contributed by atoms with Gasteiger partial charge >= 0.3 is 0 Å². The Labute approximate surface area is 149 Å². The van der Waals surface area contributed by atoms with Crippen LogP contribution in [0.1, 0.15) is 24.0 Å². The van der Waals surface area contributed by atoms with Crippen LogP contribution in [0.25, 0.3) is 0 Å². The second kappa shape index (κ2) is 6.13. The molecule has 1 amide bonds. The van der Waals surface area contributed by atoms with Gasteiger partial charge in [-0.2, -0.15) is 0 Å². The van der Waals surface area contributed by atoms with Gasteiger partial charge in [-0.15, -0.1) is 0 Å². The summed E-state index contributed by atoms with van der Waals surface area (Å²) in [6, 6.07) is 13.8. The number of rotatable bonds is 4. The van der Waals surface area contributed by atoms with Crippen molar-refractivity contribution in [3.63, 3.8) is 0 Å². The average molecular weight is 388 g/mol. The number of amides is 1. The van der Waals surface area contributed by atoms with Gasteiger partial charge in [0.15, 0.2) is 11.5 Å². The molecule has 0 atom stereocenters. The fourth-order valence-corrected chi connectivity index (χ4v) is 3.31. The van der Waals surface area contributed by atoms with Crippen LogP contribution in [0.2, 0.25) is 0 Å². The maximum atomic E-state index is 12.4. The number of carbonyl (C=O) groups excluding carboxylic acids is 1. The van der Waals surface area contributed by atoms with Gasteiger partial charge in [-0.3, -0.25) is 4.79 Å². The highest BCUT2D eigenvalue weighted by Crippen LogP contribution is 2.47. The van der Waals surface area contributed by atoms with E-state index in [0.717, 1.165) is 39.9 Å². The Morgan fingerprint density at radius 2 is 1.75 bits per heavy atom. The van der Waals surface area contributed by atoms with E-state index in [0.29, 0.717) is 19.6 Å². The predicted octanol–water partition coefficient (Wildman–Crippen LogP) is 3.57. The molecule has 5 heteroatoms. The summed E-state index contributed by atoms with van der Waals surface area (Å²) in [5, 5.41) is 3.21. The van der Waals surface area contributed by atoms with E-state index >= 15 is 0 Å². The summed E-state index contributed by atoms with van der Waals surface area (Å²) in [5.74, 6) is 1.60. The van der Waals surface area contributed by atoms with Crippen molar-refractivity contribution in [2.24, 2.45) is 0 Å². The van der Waals surface area contributed by atoms with E-state index in [9.17, 15) is 4.79 Å². The summed E-state index contributed by atoms with van der Waals surface area (Å²) in [5.41, 5.74) is 1.85. The highest BCUT2D eigenvalue weighted by molar-refractivity contribution is 9.10. The summed E-state index contributed by atoms with van der Waals surface area (Å²) >= 11 is 3.41. The smallest absolute Gasteiger partial charge is 0.225 e. The molecule has 0 radical (unpaired) electrons. The lowest BCUT2D eigenvalue weighted by atomic mass is 10.0. The number of halogens is 1.